The highest BCUT2D eigenvalue weighted by atomic mass is 16.2. The smallest absolute Gasteiger partial charge is 0.323 e. The quantitative estimate of drug-likeness (QED) is 0.618. The van der Waals surface area contributed by atoms with Crippen molar-refractivity contribution in [2.24, 2.45) is 0 Å². The molecule has 0 aliphatic heterocycles. The summed E-state index contributed by atoms with van der Waals surface area (Å²) < 4.78 is 2.02. The molecule has 128 valence electrons. The van der Waals surface area contributed by atoms with Gasteiger partial charge in [-0.25, -0.2) is 4.79 Å². The largest absolute Gasteiger partial charge is 0.324 e. The summed E-state index contributed by atoms with van der Waals surface area (Å²) in [7, 11) is 0. The van der Waals surface area contributed by atoms with Gasteiger partial charge in [0.1, 0.15) is 0 Å². The lowest BCUT2D eigenvalue weighted by Gasteiger charge is -2.09. The molecule has 0 aliphatic carbocycles. The standard InChI is InChI=1S/C21H23N3O/c1-2-3-6-17-7-9-18(10-8-17)22-21(25)23-19-11-13-20(14-12-19)24-15-4-5-16-24/h4-5,7-16H,2-3,6H2,1H3,(H2,22,23,25). The highest BCUT2D eigenvalue weighted by Gasteiger charge is 2.03. The molecule has 0 saturated carbocycles. The molecule has 0 unspecified atom stereocenters. The Bertz CT molecular complexity index is 790. The Balaban J connectivity index is 1.55. The van der Waals surface area contributed by atoms with Gasteiger partial charge in [-0.3, -0.25) is 0 Å². The lowest BCUT2D eigenvalue weighted by molar-refractivity contribution is 0.262. The second kappa shape index (κ2) is 8.20. The van der Waals surface area contributed by atoms with Crippen LogP contribution in [-0.4, -0.2) is 10.6 Å². The summed E-state index contributed by atoms with van der Waals surface area (Å²) >= 11 is 0. The molecule has 2 amide bonds. The number of aryl methyl sites for hydroxylation is 1. The molecule has 2 aromatic carbocycles. The van der Waals surface area contributed by atoms with Crippen LogP contribution < -0.4 is 10.6 Å². The van der Waals surface area contributed by atoms with Crippen LogP contribution in [0.2, 0.25) is 0 Å². The van der Waals surface area contributed by atoms with Crippen molar-refractivity contribution in [3.63, 3.8) is 0 Å². The van der Waals surface area contributed by atoms with Crippen molar-refractivity contribution in [2.75, 3.05) is 10.6 Å². The maximum atomic E-state index is 12.1. The number of nitrogens with one attached hydrogen (secondary N) is 2. The van der Waals surface area contributed by atoms with Crippen molar-refractivity contribution in [2.45, 2.75) is 26.2 Å². The molecule has 3 aromatic rings. The molecule has 4 heteroatoms. The minimum atomic E-state index is -0.241. The molecule has 1 heterocycles. The lowest BCUT2D eigenvalue weighted by Crippen LogP contribution is -2.19. The maximum Gasteiger partial charge on any atom is 0.323 e. The number of urea groups is 1. The fourth-order valence-corrected chi connectivity index (χ4v) is 2.65. The Kier molecular flexibility index (Phi) is 5.52. The number of nitrogens with zero attached hydrogens (tertiary/aromatic N) is 1. The molecule has 4 nitrogen and oxygen atoms in total. The van der Waals surface area contributed by atoms with Crippen LogP contribution in [0.15, 0.2) is 73.1 Å². The summed E-state index contributed by atoms with van der Waals surface area (Å²) in [4.78, 5) is 12.1. The third-order valence-corrected chi connectivity index (χ3v) is 4.06. The molecule has 25 heavy (non-hydrogen) atoms. The highest BCUT2D eigenvalue weighted by molar-refractivity contribution is 5.99. The normalized spacial score (nSPS) is 10.4. The highest BCUT2D eigenvalue weighted by Crippen LogP contribution is 2.15. The second-order valence-corrected chi connectivity index (χ2v) is 6.02. The van der Waals surface area contributed by atoms with E-state index in [1.165, 1.54) is 18.4 Å². The molecule has 0 radical (unpaired) electrons. The fraction of sp³-hybridized carbons (Fsp3) is 0.190. The van der Waals surface area contributed by atoms with Crippen molar-refractivity contribution in [3.05, 3.63) is 78.6 Å². The summed E-state index contributed by atoms with van der Waals surface area (Å²) in [6, 6.07) is 19.5. The molecule has 0 saturated heterocycles. The van der Waals surface area contributed by atoms with E-state index in [1.807, 2.05) is 65.5 Å². The van der Waals surface area contributed by atoms with Gasteiger partial charge >= 0.3 is 6.03 Å². The van der Waals surface area contributed by atoms with Crippen molar-refractivity contribution in [1.29, 1.82) is 0 Å². The molecule has 0 fully saturated rings. The third kappa shape index (κ3) is 4.73. The van der Waals surface area contributed by atoms with Crippen LogP contribution in [0, 0.1) is 0 Å². The number of unbranched alkanes of at least 4 members (excludes halogenated alkanes) is 1. The van der Waals surface area contributed by atoms with Crippen molar-refractivity contribution in [1.82, 2.24) is 4.57 Å². The molecule has 0 bridgehead atoms. The van der Waals surface area contributed by atoms with Gasteiger partial charge in [-0.1, -0.05) is 25.5 Å². The summed E-state index contributed by atoms with van der Waals surface area (Å²) in [5, 5.41) is 5.71. The van der Waals surface area contributed by atoms with E-state index in [1.54, 1.807) is 0 Å². The van der Waals surface area contributed by atoms with E-state index >= 15 is 0 Å². The predicted octanol–water partition coefficient (Wildman–Crippen LogP) is 5.46. The maximum absolute atomic E-state index is 12.1. The minimum absolute atomic E-state index is 0.241. The number of hydrogen-bond acceptors (Lipinski definition) is 1. The summed E-state index contributed by atoms with van der Waals surface area (Å²) in [5.74, 6) is 0. The van der Waals surface area contributed by atoms with Crippen LogP contribution in [0.1, 0.15) is 25.3 Å². The van der Waals surface area contributed by atoms with Crippen molar-refractivity contribution < 1.29 is 4.79 Å². The lowest BCUT2D eigenvalue weighted by atomic mass is 10.1. The second-order valence-electron chi connectivity index (χ2n) is 6.02. The van der Waals surface area contributed by atoms with E-state index in [0.717, 1.165) is 23.5 Å². The van der Waals surface area contributed by atoms with Crippen molar-refractivity contribution in [3.8, 4) is 5.69 Å². The van der Waals surface area contributed by atoms with Gasteiger partial charge in [-0.2, -0.15) is 0 Å². The zero-order valence-corrected chi connectivity index (χ0v) is 14.4. The summed E-state index contributed by atoms with van der Waals surface area (Å²) in [6.45, 7) is 2.19. The number of rotatable bonds is 6. The van der Waals surface area contributed by atoms with Gasteiger partial charge < -0.3 is 15.2 Å². The van der Waals surface area contributed by atoms with E-state index < -0.39 is 0 Å². The number of benzene rings is 2. The summed E-state index contributed by atoms with van der Waals surface area (Å²) in [6.07, 6.45) is 7.42. The topological polar surface area (TPSA) is 46.1 Å². The van der Waals surface area contributed by atoms with E-state index in [-0.39, 0.29) is 6.03 Å². The fourth-order valence-electron chi connectivity index (χ4n) is 2.65. The van der Waals surface area contributed by atoms with E-state index in [4.69, 9.17) is 0 Å². The number of amides is 2. The first kappa shape index (κ1) is 16.8. The van der Waals surface area contributed by atoms with Gasteiger partial charge in [0.2, 0.25) is 0 Å². The van der Waals surface area contributed by atoms with E-state index in [9.17, 15) is 4.79 Å². The predicted molar refractivity (Wildman–Crippen MR) is 103 cm³/mol. The molecule has 3 rings (SSSR count). The zero-order chi connectivity index (χ0) is 17.5. The molecule has 0 atom stereocenters. The van der Waals surface area contributed by atoms with E-state index in [0.29, 0.717) is 0 Å². The molecular formula is C21H23N3O. The van der Waals surface area contributed by atoms with Crippen LogP contribution in [0.4, 0.5) is 16.2 Å². The molecule has 0 aliphatic rings. The average molecular weight is 333 g/mol. The molecular weight excluding hydrogens is 310 g/mol. The van der Waals surface area contributed by atoms with Gasteiger partial charge in [0.15, 0.2) is 0 Å². The average Bonchev–Trinajstić information content (AvgIpc) is 3.16. The first-order valence-electron chi connectivity index (χ1n) is 8.65. The van der Waals surface area contributed by atoms with Crippen molar-refractivity contribution >= 4 is 17.4 Å². The van der Waals surface area contributed by atoms with Gasteiger partial charge in [0.25, 0.3) is 0 Å². The van der Waals surface area contributed by atoms with E-state index in [2.05, 4.69) is 29.7 Å². The number of hydrogen-bond donors (Lipinski definition) is 2. The number of carbonyl (C=O) groups excluding carboxylic acids is 1. The Morgan fingerprint density at radius 3 is 2.00 bits per heavy atom. The van der Waals surface area contributed by atoms with Crippen LogP contribution in [-0.2, 0) is 6.42 Å². The minimum Gasteiger partial charge on any atom is -0.324 e. The third-order valence-electron chi connectivity index (χ3n) is 4.06. The van der Waals surface area contributed by atoms with Gasteiger partial charge in [0, 0.05) is 29.5 Å². The first-order valence-corrected chi connectivity index (χ1v) is 8.65. The Morgan fingerprint density at radius 1 is 0.880 bits per heavy atom. The van der Waals surface area contributed by atoms with Gasteiger partial charge in [-0.15, -0.1) is 0 Å². The SMILES string of the molecule is CCCCc1ccc(NC(=O)Nc2ccc(-n3cccc3)cc2)cc1. The number of anilines is 2. The Labute approximate surface area is 148 Å². The van der Waals surface area contributed by atoms with Crippen LogP contribution >= 0.6 is 0 Å². The Hall–Kier alpha value is -3.01. The first-order chi connectivity index (χ1) is 12.2. The number of aromatic nitrogens is 1. The molecule has 0 spiro atoms. The van der Waals surface area contributed by atoms with Crippen LogP contribution in [0.25, 0.3) is 5.69 Å². The zero-order valence-electron chi connectivity index (χ0n) is 14.4. The Morgan fingerprint density at radius 2 is 1.44 bits per heavy atom. The van der Waals surface area contributed by atoms with Gasteiger partial charge in [-0.05, 0) is 66.9 Å². The molecule has 2 N–H and O–H groups in total. The number of carbonyl (C=O) groups is 1. The van der Waals surface area contributed by atoms with Crippen LogP contribution in [0.5, 0.6) is 0 Å². The monoisotopic (exact) mass is 333 g/mol. The summed E-state index contributed by atoms with van der Waals surface area (Å²) in [5.41, 5.74) is 3.90. The molecule has 1 aromatic heterocycles. The van der Waals surface area contributed by atoms with Crippen LogP contribution in [0.3, 0.4) is 0 Å². The van der Waals surface area contributed by atoms with Gasteiger partial charge in [0.05, 0.1) is 0 Å².